The van der Waals surface area contributed by atoms with Gasteiger partial charge in [0, 0.05) is 91.5 Å². The molecule has 59 heavy (non-hydrogen) atoms. The Kier molecular flexibility index (Phi) is 30.0. The third-order valence-electron chi connectivity index (χ3n) is 9.21. The molecule has 2 rings (SSSR count). The van der Waals surface area contributed by atoms with Gasteiger partial charge in [0.2, 0.25) is 0 Å². The van der Waals surface area contributed by atoms with E-state index >= 15 is 0 Å². The predicted octanol–water partition coefficient (Wildman–Crippen LogP) is 2.20. The van der Waals surface area contributed by atoms with Crippen molar-refractivity contribution in [3.8, 4) is 0 Å². The van der Waals surface area contributed by atoms with Gasteiger partial charge in [-0.1, -0.05) is 64.5 Å². The first kappa shape index (κ1) is 54.0. The van der Waals surface area contributed by atoms with Crippen molar-refractivity contribution in [3.05, 3.63) is 11.9 Å². The lowest BCUT2D eigenvalue weighted by Gasteiger charge is -2.44. The van der Waals surface area contributed by atoms with Crippen molar-refractivity contribution in [2.75, 3.05) is 59.5 Å². The van der Waals surface area contributed by atoms with Crippen LogP contribution < -0.4 is 32.7 Å². The SMILES string of the molecule is CCCCCC(=O)O[C@@H]1[C@@H](OC(=O)CCCCC)[C@@H](OC)O[C@H](Cn2cc(CN(CCNC(=S)NCCN)CCNC(=S)NCCN)nn2)[C@H]1OC(=O)CCCCC.Cl. The fraction of sp³-hybridized carbons (Fsp3) is 0.816. The lowest BCUT2D eigenvalue weighted by molar-refractivity contribution is -0.301. The largest absolute Gasteiger partial charge is 0.455 e. The number of carbonyl (C=O) groups is 3. The van der Waals surface area contributed by atoms with Crippen LogP contribution in [0.3, 0.4) is 0 Å². The molecular weight excluding hydrogens is 824 g/mol. The summed E-state index contributed by atoms with van der Waals surface area (Å²) in [4.78, 5) is 41.9. The summed E-state index contributed by atoms with van der Waals surface area (Å²) in [5.41, 5.74) is 11.8. The van der Waals surface area contributed by atoms with Gasteiger partial charge in [-0.2, -0.15) is 0 Å². The van der Waals surface area contributed by atoms with E-state index < -0.39 is 48.6 Å². The molecular formula is C38H71ClN10O8S2. The van der Waals surface area contributed by atoms with Gasteiger partial charge in [-0.15, -0.1) is 17.5 Å². The van der Waals surface area contributed by atoms with E-state index in [-0.39, 0.29) is 38.2 Å². The second-order valence-corrected chi connectivity index (χ2v) is 15.0. The third-order valence-corrected chi connectivity index (χ3v) is 9.78. The number of aromatic nitrogens is 3. The van der Waals surface area contributed by atoms with Crippen LogP contribution in [0.15, 0.2) is 6.20 Å². The molecule has 1 fully saturated rings. The van der Waals surface area contributed by atoms with Gasteiger partial charge in [0.05, 0.1) is 12.2 Å². The molecule has 0 bridgehead atoms. The molecule has 0 radical (unpaired) electrons. The quantitative estimate of drug-likeness (QED) is 0.0281. The Morgan fingerprint density at radius 1 is 0.746 bits per heavy atom. The first-order valence-corrected chi connectivity index (χ1v) is 21.7. The summed E-state index contributed by atoms with van der Waals surface area (Å²) >= 11 is 10.7. The van der Waals surface area contributed by atoms with Crippen molar-refractivity contribution in [2.24, 2.45) is 11.5 Å². The van der Waals surface area contributed by atoms with E-state index in [0.717, 1.165) is 38.5 Å². The molecule has 1 aromatic heterocycles. The summed E-state index contributed by atoms with van der Waals surface area (Å²) in [7, 11) is 1.42. The number of halogens is 1. The molecule has 18 nitrogen and oxygen atoms in total. The standard InChI is InChI=1S/C38H70N10O8S2.ClH/c1-5-8-11-14-30(49)54-33-29(53-36(52-4)35(56-32(51)16-13-10-7-3)34(33)55-31(50)15-12-9-6-2)27-48-26-28(45-46-48)25-47(23-21-43-37(57)41-19-17-39)24-22-44-38(58)42-20-18-40;/h26,29,33-36H,5-25,27,39-40H2,1-4H3,(H2,41,43,57)(H2,42,44,58);1H/t29-,33-,34+,35-,36+;/m1./s1. The van der Waals surface area contributed by atoms with E-state index in [4.69, 9.17) is 59.6 Å². The highest BCUT2D eigenvalue weighted by molar-refractivity contribution is 7.80. The lowest BCUT2D eigenvalue weighted by atomic mass is 9.97. The van der Waals surface area contributed by atoms with Crippen molar-refractivity contribution in [1.29, 1.82) is 0 Å². The van der Waals surface area contributed by atoms with E-state index in [1.807, 2.05) is 20.8 Å². The topological polar surface area (TPSA) is 231 Å². The van der Waals surface area contributed by atoms with Crippen LogP contribution in [0.1, 0.15) is 104 Å². The van der Waals surface area contributed by atoms with Crippen LogP contribution in [0.2, 0.25) is 0 Å². The van der Waals surface area contributed by atoms with Crippen LogP contribution in [0.4, 0.5) is 0 Å². The van der Waals surface area contributed by atoms with Gasteiger partial charge in [0.1, 0.15) is 6.10 Å². The van der Waals surface area contributed by atoms with E-state index in [1.54, 1.807) is 10.9 Å². The third kappa shape index (κ3) is 22.4. The van der Waals surface area contributed by atoms with Crippen LogP contribution in [-0.4, -0.2) is 138 Å². The van der Waals surface area contributed by atoms with E-state index in [1.165, 1.54) is 7.11 Å². The minimum Gasteiger partial charge on any atom is -0.455 e. The number of nitrogens with one attached hydrogen (secondary N) is 4. The molecule has 1 saturated heterocycles. The molecule has 0 unspecified atom stereocenters. The molecule has 340 valence electrons. The average molecular weight is 896 g/mol. The summed E-state index contributed by atoms with van der Waals surface area (Å²) in [6, 6.07) is 0. The number of esters is 3. The van der Waals surface area contributed by atoms with Crippen molar-refractivity contribution in [1.82, 2.24) is 41.2 Å². The highest BCUT2D eigenvalue weighted by Crippen LogP contribution is 2.31. The van der Waals surface area contributed by atoms with Crippen LogP contribution in [-0.2, 0) is 51.2 Å². The van der Waals surface area contributed by atoms with Crippen molar-refractivity contribution < 1.29 is 38.1 Å². The Balaban J connectivity index is 0.0000174. The maximum atomic E-state index is 13.3. The number of methoxy groups -OCH3 is 1. The molecule has 0 spiro atoms. The maximum Gasteiger partial charge on any atom is 0.306 e. The maximum absolute atomic E-state index is 13.3. The Morgan fingerprint density at radius 3 is 1.66 bits per heavy atom. The summed E-state index contributed by atoms with van der Waals surface area (Å²) in [6.45, 7) is 11.0. The summed E-state index contributed by atoms with van der Waals surface area (Å²) in [6.07, 6.45) is 3.92. The summed E-state index contributed by atoms with van der Waals surface area (Å²) < 4.78 is 31.8. The number of nitrogens with zero attached hydrogens (tertiary/aromatic N) is 4. The van der Waals surface area contributed by atoms with E-state index in [9.17, 15) is 14.4 Å². The molecule has 1 aromatic rings. The number of ether oxygens (including phenoxy) is 5. The van der Waals surface area contributed by atoms with Gasteiger partial charge < -0.3 is 56.4 Å². The Morgan fingerprint density at radius 2 is 1.20 bits per heavy atom. The van der Waals surface area contributed by atoms with Crippen molar-refractivity contribution in [3.63, 3.8) is 0 Å². The number of thiocarbonyl (C=S) groups is 2. The van der Waals surface area contributed by atoms with Gasteiger partial charge in [-0.3, -0.25) is 19.3 Å². The lowest BCUT2D eigenvalue weighted by Crippen LogP contribution is -2.62. The van der Waals surface area contributed by atoms with Crippen LogP contribution in [0.5, 0.6) is 0 Å². The zero-order valence-corrected chi connectivity index (χ0v) is 37.9. The molecule has 0 aliphatic carbocycles. The second kappa shape index (κ2) is 32.7. The Hall–Kier alpha value is -2.98. The molecule has 2 heterocycles. The van der Waals surface area contributed by atoms with Gasteiger partial charge in [-0.05, 0) is 43.7 Å². The first-order chi connectivity index (χ1) is 28.1. The number of hydrogen-bond donors (Lipinski definition) is 6. The number of hydrogen-bond acceptors (Lipinski definition) is 15. The van der Waals surface area contributed by atoms with Gasteiger partial charge >= 0.3 is 17.9 Å². The van der Waals surface area contributed by atoms with E-state index in [2.05, 4.69) is 36.5 Å². The zero-order chi connectivity index (χ0) is 42.5. The van der Waals surface area contributed by atoms with Gasteiger partial charge in [-0.25, -0.2) is 4.68 Å². The number of unbranched alkanes of at least 4 members (excludes halogenated alkanes) is 6. The molecule has 0 amide bonds. The smallest absolute Gasteiger partial charge is 0.306 e. The van der Waals surface area contributed by atoms with Gasteiger partial charge in [0.15, 0.2) is 34.8 Å². The molecule has 8 N–H and O–H groups in total. The summed E-state index contributed by atoms with van der Waals surface area (Å²) in [5.74, 6) is -1.46. The van der Waals surface area contributed by atoms with Crippen molar-refractivity contribution >= 4 is 65.0 Å². The summed E-state index contributed by atoms with van der Waals surface area (Å²) in [5, 5.41) is 22.4. The number of nitrogens with two attached hydrogens (primary N) is 2. The second-order valence-electron chi connectivity index (χ2n) is 14.2. The molecule has 1 aliphatic heterocycles. The van der Waals surface area contributed by atoms with Crippen molar-refractivity contribution in [2.45, 2.75) is 142 Å². The predicted molar refractivity (Wildman–Crippen MR) is 236 cm³/mol. The average Bonchev–Trinajstić information content (AvgIpc) is 3.64. The molecule has 5 atom stereocenters. The Bertz CT molecular complexity index is 1330. The van der Waals surface area contributed by atoms with Crippen LogP contribution in [0.25, 0.3) is 0 Å². The number of carbonyl (C=O) groups excluding carboxylic acids is 3. The number of rotatable bonds is 30. The molecule has 0 saturated carbocycles. The minimum atomic E-state index is -1.20. The monoisotopic (exact) mass is 894 g/mol. The van der Waals surface area contributed by atoms with Gasteiger partial charge in [0.25, 0.3) is 0 Å². The molecule has 1 aliphatic rings. The fourth-order valence-corrected chi connectivity index (χ4v) is 6.55. The first-order valence-electron chi connectivity index (χ1n) is 20.9. The normalized spacial score (nSPS) is 18.7. The zero-order valence-electron chi connectivity index (χ0n) is 35.5. The van der Waals surface area contributed by atoms with Crippen LogP contribution in [0, 0.1) is 0 Å². The Labute approximate surface area is 367 Å². The van der Waals surface area contributed by atoms with E-state index in [0.29, 0.717) is 94.1 Å². The fourth-order valence-electron chi connectivity index (χ4n) is 6.14. The molecule has 0 aromatic carbocycles. The highest BCUT2D eigenvalue weighted by atomic mass is 35.5. The minimum absolute atomic E-state index is 0. The molecule has 21 heteroatoms. The highest BCUT2D eigenvalue weighted by Gasteiger charge is 2.52. The van der Waals surface area contributed by atoms with Crippen LogP contribution >= 0.6 is 36.8 Å².